The molecule has 0 saturated heterocycles. The Balaban J connectivity index is 1.58. The fourth-order valence-electron chi connectivity index (χ4n) is 3.34. The second kappa shape index (κ2) is 9.12. The van der Waals surface area contributed by atoms with Crippen LogP contribution < -0.4 is 4.72 Å². The summed E-state index contributed by atoms with van der Waals surface area (Å²) in [6, 6.07) is 27.0. The molecule has 0 amide bonds. The van der Waals surface area contributed by atoms with Gasteiger partial charge in [-0.2, -0.15) is 0 Å². The predicted octanol–water partition coefficient (Wildman–Crippen LogP) is 4.44. The van der Waals surface area contributed by atoms with E-state index in [9.17, 15) is 16.8 Å². The van der Waals surface area contributed by atoms with Crippen LogP contribution in [-0.2, 0) is 19.9 Å². The Morgan fingerprint density at radius 1 is 0.656 bits per heavy atom. The number of hydrogen-bond donors (Lipinski definition) is 1. The fraction of sp³-hybridized carbons (Fsp3) is 0.0833. The minimum atomic E-state index is -3.94. The summed E-state index contributed by atoms with van der Waals surface area (Å²) in [5, 5.41) is -1.21. The monoisotopic (exact) mass is 467 g/mol. The molecule has 1 aromatic heterocycles. The third-order valence-electron chi connectivity index (χ3n) is 5.04. The summed E-state index contributed by atoms with van der Waals surface area (Å²) in [5.74, 6) is 0.163. The van der Waals surface area contributed by atoms with Crippen molar-refractivity contribution >= 4 is 19.9 Å². The molecule has 0 fully saturated rings. The summed E-state index contributed by atoms with van der Waals surface area (Å²) in [6.07, 6.45) is 1.36. The van der Waals surface area contributed by atoms with Crippen molar-refractivity contribution in [2.24, 2.45) is 0 Å². The summed E-state index contributed by atoms with van der Waals surface area (Å²) < 4.78 is 59.9. The molecule has 3 aromatic carbocycles. The van der Waals surface area contributed by atoms with Crippen LogP contribution >= 0.6 is 0 Å². The number of furan rings is 1. The zero-order valence-corrected chi connectivity index (χ0v) is 18.6. The van der Waals surface area contributed by atoms with E-state index < -0.39 is 25.1 Å². The van der Waals surface area contributed by atoms with E-state index in [0.29, 0.717) is 0 Å². The quantitative estimate of drug-likeness (QED) is 0.413. The molecule has 164 valence electrons. The number of rotatable bonds is 8. The van der Waals surface area contributed by atoms with E-state index in [0.717, 1.165) is 11.1 Å². The summed E-state index contributed by atoms with van der Waals surface area (Å²) >= 11 is 0. The van der Waals surface area contributed by atoms with Gasteiger partial charge in [0.25, 0.3) is 0 Å². The number of hydrogen-bond acceptors (Lipinski definition) is 5. The Morgan fingerprint density at radius 3 is 1.84 bits per heavy atom. The van der Waals surface area contributed by atoms with Gasteiger partial charge in [-0.25, -0.2) is 21.6 Å². The van der Waals surface area contributed by atoms with E-state index in [-0.39, 0.29) is 22.1 Å². The highest BCUT2D eigenvalue weighted by molar-refractivity contribution is 7.92. The minimum Gasteiger partial charge on any atom is -0.468 e. The molecule has 0 radical (unpaired) electrons. The minimum absolute atomic E-state index is 0.0486. The molecule has 4 rings (SSSR count). The second-order valence-electron chi connectivity index (χ2n) is 7.10. The summed E-state index contributed by atoms with van der Waals surface area (Å²) in [4.78, 5) is 0.139. The van der Waals surface area contributed by atoms with E-state index in [4.69, 9.17) is 4.42 Å². The first-order chi connectivity index (χ1) is 15.4. The van der Waals surface area contributed by atoms with Gasteiger partial charge in [0.1, 0.15) is 11.0 Å². The van der Waals surface area contributed by atoms with Crippen molar-refractivity contribution in [1.29, 1.82) is 0 Å². The van der Waals surface area contributed by atoms with Crippen LogP contribution in [0.5, 0.6) is 0 Å². The molecule has 6 nitrogen and oxygen atoms in total. The van der Waals surface area contributed by atoms with E-state index >= 15 is 0 Å². The standard InChI is InChI=1S/C24H21NO5S2/c26-31(27,21-10-5-2-6-11-21)24(23-12-7-17-30-23)18-25-32(28,29)22-15-13-20(14-16-22)19-8-3-1-4-9-19/h1-17,24-25H,18H2/t24-/m1/s1. The van der Waals surface area contributed by atoms with Crippen molar-refractivity contribution in [1.82, 2.24) is 4.72 Å². The summed E-state index contributed by atoms with van der Waals surface area (Å²) in [7, 11) is -7.84. The highest BCUT2D eigenvalue weighted by Gasteiger charge is 2.32. The number of sulfone groups is 1. The van der Waals surface area contributed by atoms with Crippen LogP contribution in [0.1, 0.15) is 11.0 Å². The first-order valence-electron chi connectivity index (χ1n) is 9.85. The molecule has 1 N–H and O–H groups in total. The fourth-order valence-corrected chi connectivity index (χ4v) is 6.10. The van der Waals surface area contributed by atoms with Gasteiger partial charge in [-0.15, -0.1) is 0 Å². The molecule has 1 heterocycles. The average molecular weight is 468 g/mol. The van der Waals surface area contributed by atoms with E-state index in [1.54, 1.807) is 36.4 Å². The predicted molar refractivity (Wildman–Crippen MR) is 122 cm³/mol. The lowest BCUT2D eigenvalue weighted by Crippen LogP contribution is -2.31. The maximum absolute atomic E-state index is 13.2. The van der Waals surface area contributed by atoms with Crippen LogP contribution in [0.2, 0.25) is 0 Å². The van der Waals surface area contributed by atoms with Crippen LogP contribution in [0.3, 0.4) is 0 Å². The summed E-state index contributed by atoms with van der Waals surface area (Å²) in [5.41, 5.74) is 1.85. The van der Waals surface area contributed by atoms with Crippen LogP contribution in [0.4, 0.5) is 0 Å². The van der Waals surface area contributed by atoms with Gasteiger partial charge in [0.15, 0.2) is 9.84 Å². The van der Waals surface area contributed by atoms with Gasteiger partial charge in [0, 0.05) is 6.54 Å². The highest BCUT2D eigenvalue weighted by atomic mass is 32.2. The van der Waals surface area contributed by atoms with Crippen LogP contribution in [0.25, 0.3) is 11.1 Å². The molecule has 0 aliphatic heterocycles. The van der Waals surface area contributed by atoms with E-state index in [1.807, 2.05) is 30.3 Å². The SMILES string of the molecule is O=S(=O)(NC[C@H](c1ccco1)S(=O)(=O)c1ccccc1)c1ccc(-c2ccccc2)cc1. The number of nitrogens with one attached hydrogen (secondary N) is 1. The molecule has 32 heavy (non-hydrogen) atoms. The Bertz CT molecular complexity index is 1370. The summed E-state index contributed by atoms with van der Waals surface area (Å²) in [6.45, 7) is -0.368. The lowest BCUT2D eigenvalue weighted by Gasteiger charge is -2.17. The smallest absolute Gasteiger partial charge is 0.240 e. The zero-order chi connectivity index (χ0) is 22.6. The third-order valence-corrected chi connectivity index (χ3v) is 8.55. The number of sulfonamides is 1. The van der Waals surface area contributed by atoms with Crippen molar-refractivity contribution in [3.05, 3.63) is 109 Å². The Morgan fingerprint density at radius 2 is 1.25 bits per heavy atom. The normalized spacial score (nSPS) is 13.0. The van der Waals surface area contributed by atoms with E-state index in [1.165, 1.54) is 36.6 Å². The Hall–Kier alpha value is -3.20. The zero-order valence-electron chi connectivity index (χ0n) is 17.0. The van der Waals surface area contributed by atoms with Gasteiger partial charge in [-0.1, -0.05) is 60.7 Å². The molecule has 0 saturated carbocycles. The third kappa shape index (κ3) is 4.67. The van der Waals surface area contributed by atoms with Crippen LogP contribution in [-0.4, -0.2) is 23.4 Å². The largest absolute Gasteiger partial charge is 0.468 e. The average Bonchev–Trinajstić information content (AvgIpc) is 3.35. The molecule has 0 bridgehead atoms. The lowest BCUT2D eigenvalue weighted by atomic mass is 10.1. The molecule has 8 heteroatoms. The molecule has 0 aliphatic carbocycles. The van der Waals surface area contributed by atoms with Crippen LogP contribution in [0, 0.1) is 0 Å². The second-order valence-corrected chi connectivity index (χ2v) is 11.0. The van der Waals surface area contributed by atoms with Crippen LogP contribution in [0.15, 0.2) is 118 Å². The van der Waals surface area contributed by atoms with Gasteiger partial charge < -0.3 is 4.42 Å². The molecular formula is C24H21NO5S2. The molecule has 4 aromatic rings. The van der Waals surface area contributed by atoms with Crippen molar-refractivity contribution in [3.8, 4) is 11.1 Å². The maximum Gasteiger partial charge on any atom is 0.240 e. The van der Waals surface area contributed by atoms with Crippen molar-refractivity contribution in [2.75, 3.05) is 6.54 Å². The Labute approximate surface area is 187 Å². The highest BCUT2D eigenvalue weighted by Crippen LogP contribution is 2.29. The molecule has 0 spiro atoms. The van der Waals surface area contributed by atoms with Crippen molar-refractivity contribution < 1.29 is 21.3 Å². The molecule has 0 unspecified atom stereocenters. The van der Waals surface area contributed by atoms with Gasteiger partial charge in [0.2, 0.25) is 10.0 Å². The number of benzene rings is 3. The van der Waals surface area contributed by atoms with Gasteiger partial charge in [0.05, 0.1) is 16.1 Å². The molecule has 1 atom stereocenters. The topological polar surface area (TPSA) is 93.4 Å². The molecule has 0 aliphatic rings. The first-order valence-corrected chi connectivity index (χ1v) is 12.9. The first kappa shape index (κ1) is 22.0. The van der Waals surface area contributed by atoms with Gasteiger partial charge in [-0.05, 0) is 47.5 Å². The Kier molecular flexibility index (Phi) is 6.27. The lowest BCUT2D eigenvalue weighted by molar-refractivity contribution is 0.486. The van der Waals surface area contributed by atoms with E-state index in [2.05, 4.69) is 4.72 Å². The van der Waals surface area contributed by atoms with Crippen molar-refractivity contribution in [3.63, 3.8) is 0 Å². The molecular weight excluding hydrogens is 446 g/mol. The van der Waals surface area contributed by atoms with Crippen molar-refractivity contribution in [2.45, 2.75) is 15.0 Å². The van der Waals surface area contributed by atoms with Gasteiger partial charge in [-0.3, -0.25) is 0 Å². The van der Waals surface area contributed by atoms with Gasteiger partial charge >= 0.3 is 0 Å². The maximum atomic E-state index is 13.2.